The Bertz CT molecular complexity index is 740. The number of likely N-dealkylation sites (N-methyl/N-ethyl adjacent to an activating group) is 1. The Morgan fingerprint density at radius 1 is 1.31 bits per heavy atom. The first-order chi connectivity index (χ1) is 12.5. The van der Waals surface area contributed by atoms with E-state index in [0.29, 0.717) is 42.7 Å². The number of hydrogen-bond donors (Lipinski definition) is 1. The van der Waals surface area contributed by atoms with Crippen LogP contribution in [-0.4, -0.2) is 51.2 Å². The predicted molar refractivity (Wildman–Crippen MR) is 99.6 cm³/mol. The van der Waals surface area contributed by atoms with Gasteiger partial charge in [-0.2, -0.15) is 0 Å². The average Bonchev–Trinajstić information content (AvgIpc) is 3.03. The van der Waals surface area contributed by atoms with Crippen LogP contribution in [0.4, 0.5) is 0 Å². The van der Waals surface area contributed by atoms with Gasteiger partial charge in [0.25, 0.3) is 0 Å². The van der Waals surface area contributed by atoms with E-state index in [4.69, 9.17) is 13.9 Å². The van der Waals surface area contributed by atoms with Crippen molar-refractivity contribution in [3.63, 3.8) is 0 Å². The number of benzene rings is 1. The van der Waals surface area contributed by atoms with Gasteiger partial charge in [0, 0.05) is 14.1 Å². The molecule has 7 heteroatoms. The Balaban J connectivity index is 1.84. The summed E-state index contributed by atoms with van der Waals surface area (Å²) in [6.07, 6.45) is 0. The fraction of sp³-hybridized carbons (Fsp3) is 0.368. The smallest absolute Gasteiger partial charge is 0.341 e. The van der Waals surface area contributed by atoms with Crippen LogP contribution in [0.15, 0.2) is 45.8 Å². The summed E-state index contributed by atoms with van der Waals surface area (Å²) in [5.74, 6) is 2.31. The van der Waals surface area contributed by atoms with Crippen molar-refractivity contribution in [3.8, 4) is 5.75 Å². The van der Waals surface area contributed by atoms with Gasteiger partial charge >= 0.3 is 5.97 Å². The highest BCUT2D eigenvalue weighted by Gasteiger charge is 2.16. The Hall–Kier alpha value is -2.96. The third-order valence-corrected chi connectivity index (χ3v) is 3.81. The summed E-state index contributed by atoms with van der Waals surface area (Å²) < 4.78 is 16.0. The zero-order chi connectivity index (χ0) is 18.9. The van der Waals surface area contributed by atoms with Crippen molar-refractivity contribution in [1.29, 1.82) is 0 Å². The highest BCUT2D eigenvalue weighted by atomic mass is 16.5. The third-order valence-electron chi connectivity index (χ3n) is 3.81. The van der Waals surface area contributed by atoms with Crippen LogP contribution in [0.1, 0.15) is 21.9 Å². The van der Waals surface area contributed by atoms with E-state index in [0.717, 1.165) is 5.75 Å². The highest BCUT2D eigenvalue weighted by Crippen LogP contribution is 2.15. The summed E-state index contributed by atoms with van der Waals surface area (Å²) in [5, 5.41) is 3.21. The molecule has 1 N–H and O–H groups in total. The summed E-state index contributed by atoms with van der Waals surface area (Å²) in [6.45, 7) is 3.35. The molecule has 7 nitrogen and oxygen atoms in total. The molecule has 1 aromatic heterocycles. The number of nitrogens with zero attached hydrogens (tertiary/aromatic N) is 2. The minimum absolute atomic E-state index is 0.405. The van der Waals surface area contributed by atoms with Crippen molar-refractivity contribution in [2.45, 2.75) is 13.5 Å². The quantitative estimate of drug-likeness (QED) is 0.465. The number of aryl methyl sites for hydroxylation is 1. The summed E-state index contributed by atoms with van der Waals surface area (Å²) in [6, 6.07) is 11.4. The molecule has 0 spiro atoms. The first kappa shape index (κ1) is 19.4. The number of hydrogen-bond acceptors (Lipinski definition) is 5. The molecule has 0 aliphatic carbocycles. The van der Waals surface area contributed by atoms with E-state index in [1.54, 1.807) is 20.0 Å². The number of ether oxygens (including phenoxy) is 2. The summed E-state index contributed by atoms with van der Waals surface area (Å²) >= 11 is 0. The number of aliphatic imine (C=N–C) groups is 1. The van der Waals surface area contributed by atoms with Gasteiger partial charge in [-0.1, -0.05) is 18.2 Å². The molecule has 0 amide bonds. The number of nitrogens with one attached hydrogen (secondary N) is 1. The SMILES string of the molecule is CN=C(NCc1cc(C(=O)OC)c(C)o1)N(C)CCOc1ccccc1. The molecule has 0 aliphatic rings. The average molecular weight is 359 g/mol. The van der Waals surface area contributed by atoms with Gasteiger partial charge in [-0.3, -0.25) is 4.99 Å². The second-order valence-corrected chi connectivity index (χ2v) is 5.66. The molecular weight excluding hydrogens is 334 g/mol. The number of esters is 1. The van der Waals surface area contributed by atoms with E-state index < -0.39 is 5.97 Å². The Kier molecular flexibility index (Phi) is 7.08. The van der Waals surface area contributed by atoms with Crippen molar-refractivity contribution in [2.75, 3.05) is 34.4 Å². The van der Waals surface area contributed by atoms with Gasteiger partial charge in [-0.25, -0.2) is 4.79 Å². The van der Waals surface area contributed by atoms with E-state index >= 15 is 0 Å². The molecule has 0 atom stereocenters. The topological polar surface area (TPSA) is 76.3 Å². The lowest BCUT2D eigenvalue weighted by Gasteiger charge is -2.21. The van der Waals surface area contributed by atoms with Crippen LogP contribution in [-0.2, 0) is 11.3 Å². The first-order valence-electron chi connectivity index (χ1n) is 8.32. The number of rotatable bonds is 7. The lowest BCUT2D eigenvalue weighted by molar-refractivity contribution is 0.0599. The number of carbonyl (C=O) groups is 1. The lowest BCUT2D eigenvalue weighted by Crippen LogP contribution is -2.40. The van der Waals surface area contributed by atoms with E-state index in [2.05, 4.69) is 10.3 Å². The largest absolute Gasteiger partial charge is 0.492 e. The summed E-state index contributed by atoms with van der Waals surface area (Å²) in [7, 11) is 4.99. The van der Waals surface area contributed by atoms with Gasteiger partial charge < -0.3 is 24.1 Å². The number of methoxy groups -OCH3 is 1. The van der Waals surface area contributed by atoms with Crippen molar-refractivity contribution in [1.82, 2.24) is 10.2 Å². The standard InChI is InChI=1S/C19H25N3O4/c1-14-17(18(23)24-4)12-16(26-14)13-21-19(20-2)22(3)10-11-25-15-8-6-5-7-9-15/h5-9,12H,10-11,13H2,1-4H3,(H,20,21). The highest BCUT2D eigenvalue weighted by molar-refractivity contribution is 5.90. The van der Waals surface area contributed by atoms with Crippen molar-refractivity contribution in [2.24, 2.45) is 4.99 Å². The fourth-order valence-electron chi connectivity index (χ4n) is 2.42. The van der Waals surface area contributed by atoms with Crippen LogP contribution in [0.2, 0.25) is 0 Å². The van der Waals surface area contributed by atoms with Crippen LogP contribution < -0.4 is 10.1 Å². The second kappa shape index (κ2) is 9.50. The van der Waals surface area contributed by atoms with Crippen LogP contribution in [0.3, 0.4) is 0 Å². The maximum atomic E-state index is 11.6. The molecule has 1 heterocycles. The second-order valence-electron chi connectivity index (χ2n) is 5.66. The van der Waals surface area contributed by atoms with Gasteiger partial charge in [-0.15, -0.1) is 0 Å². The van der Waals surface area contributed by atoms with E-state index in [1.807, 2.05) is 42.3 Å². The lowest BCUT2D eigenvalue weighted by atomic mass is 10.2. The number of furan rings is 1. The fourth-order valence-corrected chi connectivity index (χ4v) is 2.42. The minimum atomic E-state index is -0.405. The molecular formula is C19H25N3O4. The Labute approximate surface area is 153 Å². The molecule has 0 fully saturated rings. The molecule has 0 aliphatic heterocycles. The summed E-state index contributed by atoms with van der Waals surface area (Å²) in [4.78, 5) is 17.8. The molecule has 1 aromatic carbocycles. The molecule has 140 valence electrons. The maximum Gasteiger partial charge on any atom is 0.341 e. The number of para-hydroxylation sites is 1. The van der Waals surface area contributed by atoms with Gasteiger partial charge in [0.15, 0.2) is 5.96 Å². The van der Waals surface area contributed by atoms with E-state index in [-0.39, 0.29) is 0 Å². The van der Waals surface area contributed by atoms with Crippen molar-refractivity contribution in [3.05, 3.63) is 53.5 Å². The van der Waals surface area contributed by atoms with Crippen molar-refractivity contribution < 1.29 is 18.7 Å². The predicted octanol–water partition coefficient (Wildman–Crippen LogP) is 2.46. The molecule has 0 saturated heterocycles. The van der Waals surface area contributed by atoms with E-state index in [9.17, 15) is 4.79 Å². The number of carbonyl (C=O) groups excluding carboxylic acids is 1. The van der Waals surface area contributed by atoms with Crippen molar-refractivity contribution >= 4 is 11.9 Å². The van der Waals surface area contributed by atoms with Gasteiger partial charge in [0.2, 0.25) is 0 Å². The number of guanidine groups is 1. The molecule has 26 heavy (non-hydrogen) atoms. The molecule has 2 aromatic rings. The van der Waals surface area contributed by atoms with Gasteiger partial charge in [-0.05, 0) is 25.1 Å². The first-order valence-corrected chi connectivity index (χ1v) is 8.32. The van der Waals surface area contributed by atoms with Crippen LogP contribution in [0.25, 0.3) is 0 Å². The van der Waals surface area contributed by atoms with Gasteiger partial charge in [0.1, 0.15) is 29.4 Å². The molecule has 0 radical (unpaired) electrons. The zero-order valence-corrected chi connectivity index (χ0v) is 15.6. The van der Waals surface area contributed by atoms with Crippen LogP contribution in [0, 0.1) is 6.92 Å². The molecule has 0 unspecified atom stereocenters. The van der Waals surface area contributed by atoms with Gasteiger partial charge in [0.05, 0.1) is 20.2 Å². The van der Waals surface area contributed by atoms with Crippen LogP contribution in [0.5, 0.6) is 5.75 Å². The Morgan fingerprint density at radius 3 is 2.69 bits per heavy atom. The van der Waals surface area contributed by atoms with E-state index in [1.165, 1.54) is 7.11 Å². The van der Waals surface area contributed by atoms with Crippen LogP contribution >= 0.6 is 0 Å². The molecule has 0 bridgehead atoms. The minimum Gasteiger partial charge on any atom is -0.492 e. The third kappa shape index (κ3) is 5.27. The molecule has 2 rings (SSSR count). The Morgan fingerprint density at radius 2 is 2.04 bits per heavy atom. The summed E-state index contributed by atoms with van der Waals surface area (Å²) in [5.41, 5.74) is 0.434. The zero-order valence-electron chi connectivity index (χ0n) is 15.6. The maximum absolute atomic E-state index is 11.6. The normalized spacial score (nSPS) is 11.2. The monoisotopic (exact) mass is 359 g/mol. The molecule has 0 saturated carbocycles.